The van der Waals surface area contributed by atoms with Gasteiger partial charge in [0.15, 0.2) is 0 Å². The van der Waals surface area contributed by atoms with Crippen LogP contribution in [-0.2, 0) is 0 Å². The van der Waals surface area contributed by atoms with Gasteiger partial charge in [0.25, 0.3) is 0 Å². The number of aryl methyl sites for hydroxylation is 1. The molecule has 3 aromatic carbocycles. The summed E-state index contributed by atoms with van der Waals surface area (Å²) in [6.07, 6.45) is 2.41. The van der Waals surface area contributed by atoms with Crippen molar-refractivity contribution >= 4 is 37.9 Å². The summed E-state index contributed by atoms with van der Waals surface area (Å²) in [5, 5.41) is 0. The number of fused-ring (bicyclic) bond motifs is 4. The first-order valence-electron chi connectivity index (χ1n) is 10.2. The molecule has 2 aliphatic rings. The van der Waals surface area contributed by atoms with Gasteiger partial charge in [0, 0.05) is 20.8 Å². The number of allylic oxidation sites excluding steroid dienone is 1. The molecule has 0 saturated heterocycles. The molecule has 1 unspecified atom stereocenters. The van der Waals surface area contributed by atoms with E-state index in [0.717, 1.165) is 8.95 Å². The lowest BCUT2D eigenvalue weighted by Crippen LogP contribution is -2.29. The van der Waals surface area contributed by atoms with Crippen LogP contribution >= 0.6 is 31.9 Å². The van der Waals surface area contributed by atoms with Crippen LogP contribution in [0.25, 0.3) is 17.2 Å². The zero-order valence-corrected chi connectivity index (χ0v) is 20.4. The fourth-order valence-corrected chi connectivity index (χ4v) is 6.62. The summed E-state index contributed by atoms with van der Waals surface area (Å²) in [6.45, 7) is 9.45. The van der Waals surface area contributed by atoms with E-state index in [1.54, 1.807) is 0 Å². The average molecular weight is 508 g/mol. The predicted octanol–water partition coefficient (Wildman–Crippen LogP) is 8.86. The van der Waals surface area contributed by atoms with Crippen molar-refractivity contribution in [3.63, 3.8) is 0 Å². The largest absolute Gasteiger partial charge is 0.0646 e. The molecule has 2 heteroatoms. The van der Waals surface area contributed by atoms with Crippen LogP contribution in [0, 0.1) is 12.3 Å². The third kappa shape index (κ3) is 2.83. The number of rotatable bonds is 2. The van der Waals surface area contributed by atoms with Crippen molar-refractivity contribution in [3.8, 4) is 11.1 Å². The monoisotopic (exact) mass is 506 g/mol. The standard InChI is InChI=1S/C27H24Br2/c1-15-6-5-7-21-22(15)12-16(2)25(21)27(3,4)26-23-13-17(28)8-10-19(23)20-11-9-18(29)14-24(20)26/h5-14,25-26H,1-4H3. The third-order valence-electron chi connectivity index (χ3n) is 6.92. The van der Waals surface area contributed by atoms with E-state index >= 15 is 0 Å². The van der Waals surface area contributed by atoms with E-state index in [0.29, 0.717) is 11.8 Å². The third-order valence-corrected chi connectivity index (χ3v) is 7.91. The van der Waals surface area contributed by atoms with Crippen LogP contribution in [0.4, 0.5) is 0 Å². The molecule has 0 amide bonds. The maximum Gasteiger partial charge on any atom is 0.0178 e. The van der Waals surface area contributed by atoms with Crippen molar-refractivity contribution in [2.45, 2.75) is 39.5 Å². The van der Waals surface area contributed by atoms with E-state index in [1.165, 1.54) is 44.5 Å². The smallest absolute Gasteiger partial charge is 0.0178 e. The van der Waals surface area contributed by atoms with Crippen molar-refractivity contribution in [2.24, 2.45) is 5.41 Å². The summed E-state index contributed by atoms with van der Waals surface area (Å²) in [5.74, 6) is 0.737. The molecule has 0 radical (unpaired) electrons. The quantitative estimate of drug-likeness (QED) is 0.325. The molecule has 0 aliphatic heterocycles. The zero-order valence-electron chi connectivity index (χ0n) is 17.2. The van der Waals surface area contributed by atoms with Crippen molar-refractivity contribution < 1.29 is 0 Å². The fraction of sp³-hybridized carbons (Fsp3) is 0.259. The summed E-state index contributed by atoms with van der Waals surface area (Å²) in [4.78, 5) is 0. The second-order valence-corrected chi connectivity index (χ2v) is 10.9. The van der Waals surface area contributed by atoms with Crippen molar-refractivity contribution in [1.29, 1.82) is 0 Å². The summed E-state index contributed by atoms with van der Waals surface area (Å²) < 4.78 is 2.30. The average Bonchev–Trinajstić information content (AvgIpc) is 3.16. The molecule has 0 nitrogen and oxygen atoms in total. The van der Waals surface area contributed by atoms with Crippen molar-refractivity contribution in [3.05, 3.63) is 96.9 Å². The lowest BCUT2D eigenvalue weighted by atomic mass is 9.63. The maximum absolute atomic E-state index is 3.73. The van der Waals surface area contributed by atoms with Gasteiger partial charge >= 0.3 is 0 Å². The fourth-order valence-electron chi connectivity index (χ4n) is 5.87. The zero-order chi connectivity index (χ0) is 20.5. The van der Waals surface area contributed by atoms with Crippen LogP contribution in [0.5, 0.6) is 0 Å². The van der Waals surface area contributed by atoms with Crippen LogP contribution in [0.1, 0.15) is 60.4 Å². The minimum atomic E-state index is 0.0290. The Morgan fingerprint density at radius 3 is 1.90 bits per heavy atom. The predicted molar refractivity (Wildman–Crippen MR) is 130 cm³/mol. The Balaban J connectivity index is 1.74. The second kappa shape index (κ2) is 6.68. The Bertz CT molecular complexity index is 1130. The molecule has 0 spiro atoms. The van der Waals surface area contributed by atoms with Gasteiger partial charge in [-0.25, -0.2) is 0 Å². The first kappa shape index (κ1) is 19.3. The summed E-state index contributed by atoms with van der Waals surface area (Å²) in [5.41, 5.74) is 11.4. The SMILES string of the molecule is CC1=Cc2c(C)cccc2C1C(C)(C)C1c2cc(Br)ccc2-c2ccc(Br)cc21. The highest BCUT2D eigenvalue weighted by atomic mass is 79.9. The van der Waals surface area contributed by atoms with Gasteiger partial charge in [0.1, 0.15) is 0 Å². The Hall–Kier alpha value is -1.64. The molecule has 0 saturated carbocycles. The molecule has 146 valence electrons. The van der Waals surface area contributed by atoms with E-state index in [9.17, 15) is 0 Å². The molecule has 3 aromatic rings. The van der Waals surface area contributed by atoms with E-state index < -0.39 is 0 Å². The molecule has 0 bridgehead atoms. The highest BCUT2D eigenvalue weighted by Crippen LogP contribution is 2.61. The normalized spacial score (nSPS) is 17.7. The minimum Gasteiger partial charge on any atom is -0.0646 e. The van der Waals surface area contributed by atoms with E-state index in [4.69, 9.17) is 0 Å². The first-order valence-corrected chi connectivity index (χ1v) is 11.7. The van der Waals surface area contributed by atoms with Gasteiger partial charge in [-0.1, -0.05) is 87.7 Å². The summed E-state index contributed by atoms with van der Waals surface area (Å²) in [6, 6.07) is 20.3. The number of halogens is 2. The highest BCUT2D eigenvalue weighted by Gasteiger charge is 2.46. The molecule has 1 atom stereocenters. The van der Waals surface area contributed by atoms with Crippen LogP contribution in [0.2, 0.25) is 0 Å². The van der Waals surface area contributed by atoms with Gasteiger partial charge < -0.3 is 0 Å². The highest BCUT2D eigenvalue weighted by molar-refractivity contribution is 9.10. The van der Waals surface area contributed by atoms with Crippen LogP contribution in [-0.4, -0.2) is 0 Å². The Morgan fingerprint density at radius 1 is 0.724 bits per heavy atom. The van der Waals surface area contributed by atoms with Crippen LogP contribution in [0.15, 0.2) is 69.1 Å². The second-order valence-electron chi connectivity index (χ2n) is 9.12. The molecule has 0 N–H and O–H groups in total. The van der Waals surface area contributed by atoms with Crippen LogP contribution in [0.3, 0.4) is 0 Å². The number of hydrogen-bond donors (Lipinski definition) is 0. The molecule has 5 rings (SSSR count). The van der Waals surface area contributed by atoms with Crippen LogP contribution < -0.4 is 0 Å². The van der Waals surface area contributed by atoms with Gasteiger partial charge in [-0.2, -0.15) is 0 Å². The van der Waals surface area contributed by atoms with Crippen molar-refractivity contribution in [2.75, 3.05) is 0 Å². The summed E-state index contributed by atoms with van der Waals surface area (Å²) >= 11 is 7.46. The van der Waals surface area contributed by atoms with Gasteiger partial charge in [0.2, 0.25) is 0 Å². The number of benzene rings is 3. The molecule has 0 fully saturated rings. The lowest BCUT2D eigenvalue weighted by molar-refractivity contribution is 0.278. The van der Waals surface area contributed by atoms with Gasteiger partial charge in [-0.05, 0) is 82.5 Å². The van der Waals surface area contributed by atoms with Crippen molar-refractivity contribution in [1.82, 2.24) is 0 Å². The molecular formula is C27H24Br2. The molecule has 29 heavy (non-hydrogen) atoms. The van der Waals surface area contributed by atoms with E-state index in [-0.39, 0.29) is 5.41 Å². The Labute approximate surface area is 190 Å². The molecular weight excluding hydrogens is 484 g/mol. The molecule has 0 aromatic heterocycles. The Kier molecular flexibility index (Phi) is 4.46. The first-order chi connectivity index (χ1) is 13.8. The van der Waals surface area contributed by atoms with Gasteiger partial charge in [-0.3, -0.25) is 0 Å². The number of hydrogen-bond acceptors (Lipinski definition) is 0. The topological polar surface area (TPSA) is 0 Å². The Morgan fingerprint density at radius 2 is 1.31 bits per heavy atom. The van der Waals surface area contributed by atoms with E-state index in [1.807, 2.05) is 0 Å². The lowest BCUT2D eigenvalue weighted by Gasteiger charge is -2.40. The van der Waals surface area contributed by atoms with E-state index in [2.05, 4.69) is 120 Å². The minimum absolute atomic E-state index is 0.0290. The van der Waals surface area contributed by atoms with Gasteiger partial charge in [-0.15, -0.1) is 0 Å². The maximum atomic E-state index is 3.73. The summed E-state index contributed by atoms with van der Waals surface area (Å²) in [7, 11) is 0. The van der Waals surface area contributed by atoms with Gasteiger partial charge in [0.05, 0.1) is 0 Å². The molecule has 2 aliphatic carbocycles. The molecule has 0 heterocycles.